The Balaban J connectivity index is 2.31. The molecule has 17 heavy (non-hydrogen) atoms. The van der Waals surface area contributed by atoms with E-state index in [1.54, 1.807) is 0 Å². The first-order chi connectivity index (χ1) is 8.13. The summed E-state index contributed by atoms with van der Waals surface area (Å²) in [4.78, 5) is 14.2. The number of aryl methyl sites for hydroxylation is 1. The van der Waals surface area contributed by atoms with Gasteiger partial charge in [-0.15, -0.1) is 0 Å². The van der Waals surface area contributed by atoms with Crippen LogP contribution in [0.3, 0.4) is 0 Å². The predicted molar refractivity (Wildman–Crippen MR) is 71.0 cm³/mol. The van der Waals surface area contributed by atoms with Crippen molar-refractivity contribution < 1.29 is 4.79 Å². The fourth-order valence-corrected chi connectivity index (χ4v) is 2.29. The second-order valence-electron chi connectivity index (χ2n) is 4.79. The van der Waals surface area contributed by atoms with E-state index in [1.165, 1.54) is 5.56 Å². The summed E-state index contributed by atoms with van der Waals surface area (Å²) in [6, 6.07) is 5.84. The van der Waals surface area contributed by atoms with E-state index in [-0.39, 0.29) is 11.8 Å². The molecule has 0 spiro atoms. The third-order valence-corrected chi connectivity index (χ3v) is 3.52. The normalized spacial score (nSPS) is 16.5. The van der Waals surface area contributed by atoms with Gasteiger partial charge < -0.3 is 10.6 Å². The molecule has 0 aliphatic carbocycles. The molecule has 1 aliphatic heterocycles. The van der Waals surface area contributed by atoms with Gasteiger partial charge in [-0.1, -0.05) is 13.8 Å². The van der Waals surface area contributed by atoms with Crippen LogP contribution in [0.4, 0.5) is 11.4 Å². The summed E-state index contributed by atoms with van der Waals surface area (Å²) in [6.45, 7) is 4.88. The lowest BCUT2D eigenvalue weighted by atomic mass is 9.98. The highest BCUT2D eigenvalue weighted by Crippen LogP contribution is 2.30. The van der Waals surface area contributed by atoms with Crippen LogP contribution >= 0.6 is 0 Å². The molecule has 3 heteroatoms. The van der Waals surface area contributed by atoms with Crippen molar-refractivity contribution in [2.45, 2.75) is 33.1 Å². The van der Waals surface area contributed by atoms with E-state index in [9.17, 15) is 4.79 Å². The highest BCUT2D eigenvalue weighted by Gasteiger charge is 2.25. The average Bonchev–Trinajstić information content (AvgIpc) is 2.35. The fourth-order valence-electron chi connectivity index (χ4n) is 2.29. The molecule has 0 aromatic heterocycles. The van der Waals surface area contributed by atoms with Crippen molar-refractivity contribution in [3.8, 4) is 0 Å². The van der Waals surface area contributed by atoms with Crippen molar-refractivity contribution in [2.24, 2.45) is 5.92 Å². The van der Waals surface area contributed by atoms with Crippen molar-refractivity contribution in [3.63, 3.8) is 0 Å². The zero-order valence-electron chi connectivity index (χ0n) is 10.6. The maximum atomic E-state index is 12.3. The number of benzene rings is 1. The monoisotopic (exact) mass is 232 g/mol. The molecule has 0 radical (unpaired) electrons. The van der Waals surface area contributed by atoms with E-state index in [1.807, 2.05) is 30.0 Å². The van der Waals surface area contributed by atoms with Crippen molar-refractivity contribution in [2.75, 3.05) is 17.2 Å². The fraction of sp³-hybridized carbons (Fsp3) is 0.500. The maximum Gasteiger partial charge on any atom is 0.229 e. The summed E-state index contributed by atoms with van der Waals surface area (Å²) in [5, 5.41) is 0. The van der Waals surface area contributed by atoms with E-state index in [4.69, 9.17) is 5.73 Å². The lowest BCUT2D eigenvalue weighted by molar-refractivity contribution is -0.122. The highest BCUT2D eigenvalue weighted by molar-refractivity contribution is 5.96. The van der Waals surface area contributed by atoms with Crippen LogP contribution in [0.25, 0.3) is 0 Å². The Bertz CT molecular complexity index is 428. The molecule has 1 aliphatic rings. The predicted octanol–water partition coefficient (Wildman–Crippen LogP) is 2.59. The van der Waals surface area contributed by atoms with Crippen LogP contribution in [0.15, 0.2) is 18.2 Å². The van der Waals surface area contributed by atoms with E-state index < -0.39 is 0 Å². The number of nitrogen functional groups attached to an aromatic ring is 1. The minimum absolute atomic E-state index is 0.0958. The zero-order chi connectivity index (χ0) is 12.4. The Morgan fingerprint density at radius 1 is 1.53 bits per heavy atom. The van der Waals surface area contributed by atoms with E-state index in [0.29, 0.717) is 0 Å². The van der Waals surface area contributed by atoms with Gasteiger partial charge in [-0.2, -0.15) is 0 Å². The summed E-state index contributed by atoms with van der Waals surface area (Å²) in [6.07, 6.45) is 2.93. The first-order valence-corrected chi connectivity index (χ1v) is 6.33. The molecule has 0 saturated carbocycles. The Morgan fingerprint density at radius 3 is 3.00 bits per heavy atom. The summed E-state index contributed by atoms with van der Waals surface area (Å²) in [5.41, 5.74) is 8.82. The molecule has 1 aromatic rings. The smallest absolute Gasteiger partial charge is 0.229 e. The van der Waals surface area contributed by atoms with Crippen molar-refractivity contribution in [3.05, 3.63) is 23.8 Å². The van der Waals surface area contributed by atoms with Gasteiger partial charge >= 0.3 is 0 Å². The molecule has 0 saturated heterocycles. The first kappa shape index (κ1) is 12.0. The summed E-state index contributed by atoms with van der Waals surface area (Å²) in [5.74, 6) is 0.330. The average molecular weight is 232 g/mol. The quantitative estimate of drug-likeness (QED) is 0.797. The molecule has 1 atom stereocenters. The maximum absolute atomic E-state index is 12.3. The van der Waals surface area contributed by atoms with Crippen molar-refractivity contribution in [1.82, 2.24) is 0 Å². The Morgan fingerprint density at radius 2 is 2.29 bits per heavy atom. The first-order valence-electron chi connectivity index (χ1n) is 6.33. The van der Waals surface area contributed by atoms with Crippen LogP contribution in [-0.2, 0) is 11.2 Å². The molecule has 1 unspecified atom stereocenters. The van der Waals surface area contributed by atoms with Gasteiger partial charge in [0.25, 0.3) is 0 Å². The van der Waals surface area contributed by atoms with Crippen LogP contribution in [0.1, 0.15) is 32.3 Å². The van der Waals surface area contributed by atoms with Gasteiger partial charge in [0.15, 0.2) is 0 Å². The van der Waals surface area contributed by atoms with Crippen molar-refractivity contribution >= 4 is 17.3 Å². The topological polar surface area (TPSA) is 46.3 Å². The minimum Gasteiger partial charge on any atom is -0.399 e. The van der Waals surface area contributed by atoms with E-state index >= 15 is 0 Å². The van der Waals surface area contributed by atoms with Crippen LogP contribution in [0, 0.1) is 5.92 Å². The number of nitrogens with two attached hydrogens (primary N) is 1. The minimum atomic E-state index is 0.0958. The third-order valence-electron chi connectivity index (χ3n) is 3.52. The standard InChI is InChI=1S/C14H20N2O/c1-3-10(2)14(17)16-8-4-5-11-9-12(15)6-7-13(11)16/h6-7,9-10H,3-5,8,15H2,1-2H3. The summed E-state index contributed by atoms with van der Waals surface area (Å²) >= 11 is 0. The molecule has 3 nitrogen and oxygen atoms in total. The number of anilines is 2. The largest absolute Gasteiger partial charge is 0.399 e. The van der Waals surface area contributed by atoms with Gasteiger partial charge in [0.05, 0.1) is 0 Å². The number of nitrogens with zero attached hydrogens (tertiary/aromatic N) is 1. The van der Waals surface area contributed by atoms with Gasteiger partial charge in [-0.3, -0.25) is 4.79 Å². The molecule has 1 aromatic carbocycles. The number of carbonyl (C=O) groups is 1. The Hall–Kier alpha value is -1.51. The number of amides is 1. The number of hydrogen-bond acceptors (Lipinski definition) is 2. The van der Waals surface area contributed by atoms with Crippen molar-refractivity contribution in [1.29, 1.82) is 0 Å². The van der Waals surface area contributed by atoms with Crippen LogP contribution in [0.2, 0.25) is 0 Å². The Kier molecular flexibility index (Phi) is 3.36. The van der Waals surface area contributed by atoms with E-state index in [2.05, 4.69) is 6.92 Å². The zero-order valence-corrected chi connectivity index (χ0v) is 10.6. The van der Waals surface area contributed by atoms with Crippen LogP contribution < -0.4 is 10.6 Å². The molecular formula is C14H20N2O. The SMILES string of the molecule is CCC(C)C(=O)N1CCCc2cc(N)ccc21. The number of hydrogen-bond donors (Lipinski definition) is 1. The van der Waals surface area contributed by atoms with Gasteiger partial charge in [0, 0.05) is 23.8 Å². The second kappa shape index (κ2) is 4.78. The second-order valence-corrected chi connectivity index (χ2v) is 4.79. The molecule has 2 N–H and O–H groups in total. The highest BCUT2D eigenvalue weighted by atomic mass is 16.2. The van der Waals surface area contributed by atoms with E-state index in [0.717, 1.165) is 37.2 Å². The van der Waals surface area contributed by atoms with Gasteiger partial charge in [0.2, 0.25) is 5.91 Å². The molecule has 1 amide bonds. The van der Waals surface area contributed by atoms with Crippen LogP contribution in [0.5, 0.6) is 0 Å². The number of carbonyl (C=O) groups excluding carboxylic acids is 1. The van der Waals surface area contributed by atoms with Crippen LogP contribution in [-0.4, -0.2) is 12.5 Å². The Labute approximate surface area is 103 Å². The third kappa shape index (κ3) is 2.28. The lowest BCUT2D eigenvalue weighted by Crippen LogP contribution is -2.38. The molecule has 2 rings (SSSR count). The van der Waals surface area contributed by atoms with Gasteiger partial charge in [-0.05, 0) is 43.0 Å². The lowest BCUT2D eigenvalue weighted by Gasteiger charge is -2.31. The van der Waals surface area contributed by atoms with Gasteiger partial charge in [-0.25, -0.2) is 0 Å². The number of rotatable bonds is 2. The molecular weight excluding hydrogens is 212 g/mol. The molecule has 0 fully saturated rings. The number of fused-ring (bicyclic) bond motifs is 1. The molecule has 0 bridgehead atoms. The summed E-state index contributed by atoms with van der Waals surface area (Å²) in [7, 11) is 0. The molecule has 92 valence electrons. The van der Waals surface area contributed by atoms with Gasteiger partial charge in [0.1, 0.15) is 0 Å². The summed E-state index contributed by atoms with van der Waals surface area (Å²) < 4.78 is 0. The molecule has 1 heterocycles.